The first-order valence-electron chi connectivity index (χ1n) is 11.1. The fourth-order valence-electron chi connectivity index (χ4n) is 4.72. The van der Waals surface area contributed by atoms with Crippen LogP contribution in [0.3, 0.4) is 0 Å². The van der Waals surface area contributed by atoms with Crippen LogP contribution in [0.4, 0.5) is 17.6 Å². The lowest BCUT2D eigenvalue weighted by atomic mass is 9.90. The second kappa shape index (κ2) is 9.59. The Bertz CT molecular complexity index is 1150. The van der Waals surface area contributed by atoms with Crippen molar-refractivity contribution in [2.75, 3.05) is 13.1 Å². The van der Waals surface area contributed by atoms with Crippen LogP contribution < -0.4 is 11.1 Å². The summed E-state index contributed by atoms with van der Waals surface area (Å²) in [5, 5.41) is 3.84. The molecule has 0 unspecified atom stereocenters. The zero-order valence-corrected chi connectivity index (χ0v) is 20.0. The highest BCUT2D eigenvalue weighted by atomic mass is 35.5. The first-order chi connectivity index (χ1) is 16.4. The number of hydrogen-bond acceptors (Lipinski definition) is 3. The third-order valence-corrected chi connectivity index (χ3v) is 7.31. The second-order valence-electron chi connectivity index (χ2n) is 8.99. The Morgan fingerprint density at radius 2 is 1.89 bits per heavy atom. The van der Waals surface area contributed by atoms with Crippen LogP contribution in [0.5, 0.6) is 0 Å². The standard InChI is InChI=1S/C24H23Cl2F4N3O2/c25-15-3-1-13(18(26)11-15)9-20(21(31)34)33(16-5-8-32-12-16)22(35)23(6-7-23)17-4-2-14(10-19(17)27)24(28,29)30/h1-4,10-11,16,20,32H,5-9,12H2,(H2,31,34)/t16-,20-/m0/s1. The topological polar surface area (TPSA) is 75.4 Å². The number of carbonyl (C=O) groups is 2. The van der Waals surface area contributed by atoms with E-state index in [1.165, 1.54) is 11.0 Å². The molecule has 35 heavy (non-hydrogen) atoms. The molecule has 0 spiro atoms. The molecule has 3 N–H and O–H groups in total. The number of alkyl halides is 3. The Balaban J connectivity index is 1.72. The first-order valence-corrected chi connectivity index (χ1v) is 11.8. The summed E-state index contributed by atoms with van der Waals surface area (Å²) >= 11 is 12.3. The van der Waals surface area contributed by atoms with E-state index >= 15 is 0 Å². The quantitative estimate of drug-likeness (QED) is 0.517. The highest BCUT2D eigenvalue weighted by molar-refractivity contribution is 6.35. The summed E-state index contributed by atoms with van der Waals surface area (Å²) in [6, 6.07) is 5.45. The van der Waals surface area contributed by atoms with Gasteiger partial charge in [0.2, 0.25) is 11.8 Å². The molecule has 2 aliphatic rings. The van der Waals surface area contributed by atoms with Crippen LogP contribution >= 0.6 is 23.2 Å². The van der Waals surface area contributed by atoms with Crippen LogP contribution in [0.15, 0.2) is 36.4 Å². The van der Waals surface area contributed by atoms with Gasteiger partial charge in [-0.2, -0.15) is 13.2 Å². The molecule has 1 heterocycles. The van der Waals surface area contributed by atoms with Gasteiger partial charge in [0.25, 0.3) is 0 Å². The number of amides is 2. The van der Waals surface area contributed by atoms with Crippen molar-refractivity contribution in [3.05, 3.63) is 69.0 Å². The van der Waals surface area contributed by atoms with Gasteiger partial charge >= 0.3 is 6.18 Å². The average molecular weight is 532 g/mol. The van der Waals surface area contributed by atoms with Crippen molar-refractivity contribution in [3.63, 3.8) is 0 Å². The predicted octanol–water partition coefficient (Wildman–Crippen LogP) is 4.47. The monoisotopic (exact) mass is 531 g/mol. The van der Waals surface area contributed by atoms with Crippen molar-refractivity contribution in [1.29, 1.82) is 0 Å². The van der Waals surface area contributed by atoms with E-state index in [2.05, 4.69) is 5.32 Å². The third-order valence-electron chi connectivity index (χ3n) is 6.73. The molecule has 1 saturated heterocycles. The Kier molecular flexibility index (Phi) is 7.05. The predicted molar refractivity (Wildman–Crippen MR) is 124 cm³/mol. The van der Waals surface area contributed by atoms with Crippen molar-refractivity contribution >= 4 is 35.0 Å². The highest BCUT2D eigenvalue weighted by Crippen LogP contribution is 2.52. The number of benzene rings is 2. The fourth-order valence-corrected chi connectivity index (χ4v) is 5.21. The second-order valence-corrected chi connectivity index (χ2v) is 9.84. The maximum Gasteiger partial charge on any atom is 0.416 e. The number of primary amides is 1. The Hall–Kier alpha value is -2.36. The first kappa shape index (κ1) is 25.7. The summed E-state index contributed by atoms with van der Waals surface area (Å²) in [5.41, 5.74) is 3.70. The molecule has 4 rings (SSSR count). The van der Waals surface area contributed by atoms with E-state index in [-0.39, 0.29) is 24.8 Å². The molecule has 0 radical (unpaired) electrons. The van der Waals surface area contributed by atoms with E-state index in [1.807, 2.05) is 0 Å². The van der Waals surface area contributed by atoms with Gasteiger partial charge in [-0.1, -0.05) is 35.3 Å². The van der Waals surface area contributed by atoms with E-state index in [0.717, 1.165) is 12.1 Å². The zero-order valence-electron chi connectivity index (χ0n) is 18.5. The normalized spacial score (nSPS) is 19.9. The van der Waals surface area contributed by atoms with Gasteiger partial charge in [-0.3, -0.25) is 9.59 Å². The largest absolute Gasteiger partial charge is 0.416 e. The minimum Gasteiger partial charge on any atom is -0.368 e. The Morgan fingerprint density at radius 3 is 2.40 bits per heavy atom. The third kappa shape index (κ3) is 5.13. The molecule has 1 saturated carbocycles. The lowest BCUT2D eigenvalue weighted by Gasteiger charge is -2.37. The van der Waals surface area contributed by atoms with E-state index in [1.54, 1.807) is 12.1 Å². The molecular weight excluding hydrogens is 509 g/mol. The van der Waals surface area contributed by atoms with Gasteiger partial charge in [0, 0.05) is 34.6 Å². The van der Waals surface area contributed by atoms with Crippen molar-refractivity contribution in [2.45, 2.75) is 49.4 Å². The SMILES string of the molecule is NC(=O)[C@H](Cc1ccc(Cl)cc1Cl)N(C(=O)C1(c2ccc(C(F)(F)F)cc2F)CC1)[C@H]1CCNC1. The van der Waals surface area contributed by atoms with Crippen LogP contribution in [-0.2, 0) is 27.6 Å². The van der Waals surface area contributed by atoms with Crippen molar-refractivity contribution in [1.82, 2.24) is 10.2 Å². The molecule has 2 atom stereocenters. The molecule has 188 valence electrons. The van der Waals surface area contributed by atoms with Crippen LogP contribution in [0.25, 0.3) is 0 Å². The van der Waals surface area contributed by atoms with E-state index in [4.69, 9.17) is 28.9 Å². The summed E-state index contributed by atoms with van der Waals surface area (Å²) in [7, 11) is 0. The Morgan fingerprint density at radius 1 is 1.17 bits per heavy atom. The van der Waals surface area contributed by atoms with Gasteiger partial charge in [0.1, 0.15) is 11.9 Å². The van der Waals surface area contributed by atoms with Gasteiger partial charge in [0.05, 0.1) is 11.0 Å². The fraction of sp³-hybridized carbons (Fsp3) is 0.417. The number of nitrogens with zero attached hydrogens (tertiary/aromatic N) is 1. The highest BCUT2D eigenvalue weighted by Gasteiger charge is 2.57. The molecule has 1 aliphatic carbocycles. The van der Waals surface area contributed by atoms with Crippen LogP contribution in [0.2, 0.25) is 10.0 Å². The molecule has 2 amide bonds. The Labute approximate surface area is 209 Å². The van der Waals surface area contributed by atoms with Gasteiger partial charge in [-0.05, 0) is 55.6 Å². The number of carbonyl (C=O) groups excluding carboxylic acids is 2. The molecule has 0 bridgehead atoms. The molecule has 2 fully saturated rings. The van der Waals surface area contributed by atoms with Gasteiger partial charge in [-0.15, -0.1) is 0 Å². The van der Waals surface area contributed by atoms with E-state index < -0.39 is 46.9 Å². The van der Waals surface area contributed by atoms with Gasteiger partial charge in [-0.25, -0.2) is 4.39 Å². The van der Waals surface area contributed by atoms with Crippen molar-refractivity contribution in [3.8, 4) is 0 Å². The lowest BCUT2D eigenvalue weighted by molar-refractivity contribution is -0.144. The van der Waals surface area contributed by atoms with Crippen molar-refractivity contribution < 1.29 is 27.2 Å². The molecule has 1 aliphatic heterocycles. The summed E-state index contributed by atoms with van der Waals surface area (Å²) < 4.78 is 54.0. The summed E-state index contributed by atoms with van der Waals surface area (Å²) in [4.78, 5) is 28.0. The molecular formula is C24H23Cl2F4N3O2. The smallest absolute Gasteiger partial charge is 0.368 e. The molecule has 5 nitrogen and oxygen atoms in total. The summed E-state index contributed by atoms with van der Waals surface area (Å²) in [6.07, 6.45) is -3.67. The maximum atomic E-state index is 14.9. The molecule has 11 heteroatoms. The summed E-state index contributed by atoms with van der Waals surface area (Å²) in [5.74, 6) is -2.40. The van der Waals surface area contributed by atoms with E-state index in [0.29, 0.717) is 41.2 Å². The van der Waals surface area contributed by atoms with Crippen LogP contribution in [0.1, 0.15) is 36.0 Å². The molecule has 0 aromatic heterocycles. The van der Waals surface area contributed by atoms with Gasteiger partial charge < -0.3 is 16.0 Å². The minimum atomic E-state index is -4.71. The summed E-state index contributed by atoms with van der Waals surface area (Å²) in [6.45, 7) is 0.999. The van der Waals surface area contributed by atoms with Crippen LogP contribution in [0, 0.1) is 5.82 Å². The number of hydrogen-bond donors (Lipinski definition) is 2. The zero-order chi connectivity index (χ0) is 25.5. The number of rotatable bonds is 7. The number of halogens is 6. The number of nitrogens with one attached hydrogen (secondary N) is 1. The average Bonchev–Trinajstić information content (AvgIpc) is 3.40. The minimum absolute atomic E-state index is 0.0130. The van der Waals surface area contributed by atoms with Gasteiger partial charge in [0.15, 0.2) is 0 Å². The molecule has 2 aromatic rings. The maximum absolute atomic E-state index is 14.9. The number of nitrogens with two attached hydrogens (primary N) is 1. The van der Waals surface area contributed by atoms with Crippen LogP contribution in [-0.4, -0.2) is 41.9 Å². The molecule has 2 aromatic carbocycles. The van der Waals surface area contributed by atoms with Crippen molar-refractivity contribution in [2.24, 2.45) is 5.73 Å². The van der Waals surface area contributed by atoms with E-state index in [9.17, 15) is 27.2 Å². The lowest BCUT2D eigenvalue weighted by Crippen LogP contribution is -2.57.